The van der Waals surface area contributed by atoms with Crippen molar-refractivity contribution < 1.29 is 5.11 Å². The normalized spacial score (nSPS) is 13.6. The fraction of sp³-hybridized carbons (Fsp3) is 0.222. The Hall–Kier alpha value is -2.06. The Morgan fingerprint density at radius 3 is 2.30 bits per heavy atom. The van der Waals surface area contributed by atoms with Gasteiger partial charge in [0.05, 0.1) is 6.10 Å². The summed E-state index contributed by atoms with van der Waals surface area (Å²) in [6.07, 6.45) is -0.545. The standard InChI is InChI=1S/C18H19NO/c1-18(2,17(20)13-8-4-3-5-9-13)16-12-14-10-6-7-11-15(14)19-16/h3-12,17,19-20H,1-2H3. The molecule has 0 amide bonds. The SMILES string of the molecule is CC(C)(c1cc2ccccc2[nH]1)C(O)c1ccccc1. The van der Waals surface area contributed by atoms with Crippen molar-refractivity contribution in [2.75, 3.05) is 0 Å². The fourth-order valence-corrected chi connectivity index (χ4v) is 2.62. The first kappa shape index (κ1) is 12.9. The molecule has 2 heteroatoms. The second-order valence-electron chi connectivity index (χ2n) is 5.81. The third kappa shape index (κ3) is 2.12. The van der Waals surface area contributed by atoms with Crippen molar-refractivity contribution in [1.29, 1.82) is 0 Å². The highest BCUT2D eigenvalue weighted by atomic mass is 16.3. The summed E-state index contributed by atoms with van der Waals surface area (Å²) in [5.41, 5.74) is 2.72. The highest BCUT2D eigenvalue weighted by Gasteiger charge is 2.32. The van der Waals surface area contributed by atoms with E-state index >= 15 is 0 Å². The van der Waals surface area contributed by atoms with Gasteiger partial charge in [-0.05, 0) is 23.1 Å². The Morgan fingerprint density at radius 1 is 0.950 bits per heavy atom. The predicted molar refractivity (Wildman–Crippen MR) is 82.7 cm³/mol. The number of aromatic nitrogens is 1. The van der Waals surface area contributed by atoms with E-state index in [0.717, 1.165) is 16.8 Å². The number of rotatable bonds is 3. The van der Waals surface area contributed by atoms with Crippen LogP contribution in [0.1, 0.15) is 31.2 Å². The molecule has 0 aliphatic carbocycles. The first-order valence-corrected chi connectivity index (χ1v) is 6.90. The zero-order valence-corrected chi connectivity index (χ0v) is 11.8. The van der Waals surface area contributed by atoms with E-state index in [1.807, 2.05) is 42.5 Å². The highest BCUT2D eigenvalue weighted by Crippen LogP contribution is 2.37. The Balaban J connectivity index is 2.02. The Kier molecular flexibility index (Phi) is 3.11. The predicted octanol–water partition coefficient (Wildman–Crippen LogP) is 4.18. The van der Waals surface area contributed by atoms with E-state index in [4.69, 9.17) is 0 Å². The van der Waals surface area contributed by atoms with E-state index in [1.54, 1.807) is 0 Å². The van der Waals surface area contributed by atoms with Gasteiger partial charge in [-0.25, -0.2) is 0 Å². The van der Waals surface area contributed by atoms with Gasteiger partial charge < -0.3 is 10.1 Å². The number of fused-ring (bicyclic) bond motifs is 1. The summed E-state index contributed by atoms with van der Waals surface area (Å²) in [5.74, 6) is 0. The van der Waals surface area contributed by atoms with Crippen molar-refractivity contribution in [3.63, 3.8) is 0 Å². The molecule has 0 saturated heterocycles. The maximum atomic E-state index is 10.7. The zero-order chi connectivity index (χ0) is 14.2. The summed E-state index contributed by atoms with van der Waals surface area (Å²) in [5, 5.41) is 11.9. The minimum atomic E-state index is -0.545. The monoisotopic (exact) mass is 265 g/mol. The molecule has 20 heavy (non-hydrogen) atoms. The van der Waals surface area contributed by atoms with Gasteiger partial charge in [0.15, 0.2) is 0 Å². The molecule has 0 aliphatic heterocycles. The average Bonchev–Trinajstić information content (AvgIpc) is 2.92. The van der Waals surface area contributed by atoms with Gasteiger partial charge in [0, 0.05) is 16.6 Å². The number of hydrogen-bond donors (Lipinski definition) is 2. The summed E-state index contributed by atoms with van der Waals surface area (Å²) < 4.78 is 0. The minimum Gasteiger partial charge on any atom is -0.387 e. The number of aliphatic hydroxyl groups excluding tert-OH is 1. The molecule has 3 rings (SSSR count). The molecule has 3 aromatic rings. The molecule has 2 nitrogen and oxygen atoms in total. The molecule has 1 aromatic heterocycles. The number of H-pyrrole nitrogens is 1. The van der Waals surface area contributed by atoms with Crippen LogP contribution in [0.25, 0.3) is 10.9 Å². The largest absolute Gasteiger partial charge is 0.387 e. The van der Waals surface area contributed by atoms with Crippen LogP contribution in [-0.2, 0) is 5.41 Å². The van der Waals surface area contributed by atoms with Crippen molar-refractivity contribution in [3.8, 4) is 0 Å². The van der Waals surface area contributed by atoms with Crippen molar-refractivity contribution in [3.05, 3.63) is 71.9 Å². The molecular formula is C18H19NO. The van der Waals surface area contributed by atoms with Crippen molar-refractivity contribution in [2.45, 2.75) is 25.4 Å². The van der Waals surface area contributed by atoms with Gasteiger partial charge >= 0.3 is 0 Å². The van der Waals surface area contributed by atoms with Gasteiger partial charge in [-0.2, -0.15) is 0 Å². The van der Waals surface area contributed by atoms with Crippen LogP contribution < -0.4 is 0 Å². The smallest absolute Gasteiger partial charge is 0.0895 e. The van der Waals surface area contributed by atoms with E-state index in [9.17, 15) is 5.11 Å². The lowest BCUT2D eigenvalue weighted by atomic mass is 9.80. The Bertz CT molecular complexity index is 679. The first-order valence-electron chi connectivity index (χ1n) is 6.90. The Morgan fingerprint density at radius 2 is 1.60 bits per heavy atom. The lowest BCUT2D eigenvalue weighted by Crippen LogP contribution is -2.27. The van der Waals surface area contributed by atoms with Crippen LogP contribution in [0.2, 0.25) is 0 Å². The molecule has 1 unspecified atom stereocenters. The number of aliphatic hydroxyl groups is 1. The zero-order valence-electron chi connectivity index (χ0n) is 11.8. The van der Waals surface area contributed by atoms with E-state index in [-0.39, 0.29) is 5.41 Å². The van der Waals surface area contributed by atoms with E-state index in [2.05, 4.69) is 37.0 Å². The summed E-state index contributed by atoms with van der Waals surface area (Å²) >= 11 is 0. The van der Waals surface area contributed by atoms with Crippen molar-refractivity contribution >= 4 is 10.9 Å². The van der Waals surface area contributed by atoms with Gasteiger partial charge in [0.2, 0.25) is 0 Å². The van der Waals surface area contributed by atoms with E-state index < -0.39 is 6.10 Å². The Labute approximate surface area is 119 Å². The summed E-state index contributed by atoms with van der Waals surface area (Å²) in [4.78, 5) is 3.43. The lowest BCUT2D eigenvalue weighted by Gasteiger charge is -2.30. The molecule has 1 atom stereocenters. The maximum Gasteiger partial charge on any atom is 0.0895 e. The molecule has 0 spiro atoms. The number of nitrogens with one attached hydrogen (secondary N) is 1. The maximum absolute atomic E-state index is 10.7. The lowest BCUT2D eigenvalue weighted by molar-refractivity contribution is 0.0983. The second-order valence-corrected chi connectivity index (χ2v) is 5.81. The van der Waals surface area contributed by atoms with E-state index in [1.165, 1.54) is 5.39 Å². The molecule has 0 fully saturated rings. The molecule has 2 aromatic carbocycles. The molecule has 1 heterocycles. The minimum absolute atomic E-state index is 0.375. The second kappa shape index (κ2) is 4.80. The topological polar surface area (TPSA) is 36.0 Å². The summed E-state index contributed by atoms with van der Waals surface area (Å²) in [7, 11) is 0. The summed E-state index contributed by atoms with van der Waals surface area (Å²) in [6.45, 7) is 4.13. The van der Waals surface area contributed by atoms with Crippen LogP contribution in [0.5, 0.6) is 0 Å². The van der Waals surface area contributed by atoms with Crippen LogP contribution in [0, 0.1) is 0 Å². The highest BCUT2D eigenvalue weighted by molar-refractivity contribution is 5.80. The first-order chi connectivity index (χ1) is 9.59. The number of aromatic amines is 1. The van der Waals surface area contributed by atoms with Gasteiger partial charge in [0.25, 0.3) is 0 Å². The van der Waals surface area contributed by atoms with Gasteiger partial charge in [-0.1, -0.05) is 62.4 Å². The molecule has 0 aliphatic rings. The molecular weight excluding hydrogens is 246 g/mol. The van der Waals surface area contributed by atoms with Crippen molar-refractivity contribution in [1.82, 2.24) is 4.98 Å². The van der Waals surface area contributed by atoms with E-state index in [0.29, 0.717) is 0 Å². The van der Waals surface area contributed by atoms with Crippen LogP contribution >= 0.6 is 0 Å². The van der Waals surface area contributed by atoms with Crippen LogP contribution in [0.3, 0.4) is 0 Å². The third-order valence-electron chi connectivity index (χ3n) is 4.02. The average molecular weight is 265 g/mol. The number of para-hydroxylation sites is 1. The van der Waals surface area contributed by atoms with Crippen LogP contribution in [0.4, 0.5) is 0 Å². The number of benzene rings is 2. The molecule has 0 radical (unpaired) electrons. The molecule has 0 bridgehead atoms. The number of hydrogen-bond acceptors (Lipinski definition) is 1. The summed E-state index contributed by atoms with van der Waals surface area (Å²) in [6, 6.07) is 20.1. The van der Waals surface area contributed by atoms with Crippen LogP contribution in [0.15, 0.2) is 60.7 Å². The van der Waals surface area contributed by atoms with Crippen molar-refractivity contribution in [2.24, 2.45) is 0 Å². The van der Waals surface area contributed by atoms with Gasteiger partial charge in [-0.3, -0.25) is 0 Å². The molecule has 0 saturated carbocycles. The fourth-order valence-electron chi connectivity index (χ4n) is 2.62. The molecule has 102 valence electrons. The van der Waals surface area contributed by atoms with Gasteiger partial charge in [-0.15, -0.1) is 0 Å². The third-order valence-corrected chi connectivity index (χ3v) is 4.02. The molecule has 2 N–H and O–H groups in total. The van der Waals surface area contributed by atoms with Gasteiger partial charge in [0.1, 0.15) is 0 Å². The quantitative estimate of drug-likeness (QED) is 0.732. The van der Waals surface area contributed by atoms with Crippen LogP contribution in [-0.4, -0.2) is 10.1 Å².